The molecular formula is C12H13ClN2S. The molecule has 0 saturated carbocycles. The lowest BCUT2D eigenvalue weighted by Gasteiger charge is -1.99. The van der Waals surface area contributed by atoms with Crippen molar-refractivity contribution >= 4 is 22.9 Å². The largest absolute Gasteiger partial charge is 0.319 e. The number of hydrogen-bond acceptors (Lipinski definition) is 3. The maximum atomic E-state index is 6.12. The van der Waals surface area contributed by atoms with Gasteiger partial charge in [0.05, 0.1) is 10.7 Å². The van der Waals surface area contributed by atoms with Gasteiger partial charge in [-0.2, -0.15) is 0 Å². The predicted molar refractivity (Wildman–Crippen MR) is 70.2 cm³/mol. The third kappa shape index (κ3) is 2.61. The number of benzene rings is 1. The highest BCUT2D eigenvalue weighted by molar-refractivity contribution is 7.09. The quantitative estimate of drug-likeness (QED) is 0.904. The molecule has 84 valence electrons. The number of nitrogens with zero attached hydrogens (tertiary/aromatic N) is 1. The number of rotatable bonds is 4. The fourth-order valence-corrected chi connectivity index (χ4v) is 2.48. The zero-order chi connectivity index (χ0) is 11.4. The Labute approximate surface area is 104 Å². The lowest BCUT2D eigenvalue weighted by molar-refractivity contribution is 0.788. The first-order valence-electron chi connectivity index (χ1n) is 5.15. The Morgan fingerprint density at radius 3 is 2.94 bits per heavy atom. The highest BCUT2D eigenvalue weighted by atomic mass is 35.5. The summed E-state index contributed by atoms with van der Waals surface area (Å²) in [5.74, 6) is 0. The van der Waals surface area contributed by atoms with Crippen LogP contribution in [0.4, 0.5) is 0 Å². The Kier molecular flexibility index (Phi) is 3.93. The van der Waals surface area contributed by atoms with Crippen molar-refractivity contribution in [1.82, 2.24) is 10.3 Å². The smallest absolute Gasteiger partial charge is 0.0945 e. The van der Waals surface area contributed by atoms with Crippen molar-refractivity contribution in [3.05, 3.63) is 39.7 Å². The van der Waals surface area contributed by atoms with E-state index in [-0.39, 0.29) is 0 Å². The van der Waals surface area contributed by atoms with Gasteiger partial charge < -0.3 is 5.32 Å². The first kappa shape index (κ1) is 11.6. The lowest BCUT2D eigenvalue weighted by Crippen LogP contribution is -2.09. The predicted octanol–water partition coefficient (Wildman–Crippen LogP) is 3.23. The molecule has 0 spiro atoms. The van der Waals surface area contributed by atoms with Crippen molar-refractivity contribution in [2.45, 2.75) is 6.42 Å². The summed E-state index contributed by atoms with van der Waals surface area (Å²) >= 11 is 7.81. The van der Waals surface area contributed by atoms with Crippen LogP contribution in [-0.2, 0) is 6.42 Å². The molecule has 1 N–H and O–H groups in total. The van der Waals surface area contributed by atoms with E-state index in [4.69, 9.17) is 11.6 Å². The average Bonchev–Trinajstić information content (AvgIpc) is 2.75. The SMILES string of the molecule is CNCCc1nc(-c2ccccc2Cl)cs1. The maximum absolute atomic E-state index is 6.12. The molecule has 4 heteroatoms. The van der Waals surface area contributed by atoms with Crippen LogP contribution in [0, 0.1) is 0 Å². The second kappa shape index (κ2) is 5.43. The van der Waals surface area contributed by atoms with E-state index < -0.39 is 0 Å². The van der Waals surface area contributed by atoms with Gasteiger partial charge >= 0.3 is 0 Å². The van der Waals surface area contributed by atoms with E-state index in [0.717, 1.165) is 34.3 Å². The van der Waals surface area contributed by atoms with Crippen LogP contribution in [0.5, 0.6) is 0 Å². The normalized spacial score (nSPS) is 10.6. The summed E-state index contributed by atoms with van der Waals surface area (Å²) in [6.45, 7) is 0.954. The summed E-state index contributed by atoms with van der Waals surface area (Å²) in [6, 6.07) is 7.80. The van der Waals surface area contributed by atoms with Crippen molar-refractivity contribution in [3.8, 4) is 11.3 Å². The summed E-state index contributed by atoms with van der Waals surface area (Å²) < 4.78 is 0. The van der Waals surface area contributed by atoms with Gasteiger partial charge in [-0.3, -0.25) is 0 Å². The minimum Gasteiger partial charge on any atom is -0.319 e. The third-order valence-corrected chi connectivity index (χ3v) is 3.53. The van der Waals surface area contributed by atoms with Gasteiger partial charge in [0.15, 0.2) is 0 Å². The molecule has 0 atom stereocenters. The van der Waals surface area contributed by atoms with E-state index in [2.05, 4.69) is 15.7 Å². The number of thiazole rings is 1. The van der Waals surface area contributed by atoms with Crippen LogP contribution in [-0.4, -0.2) is 18.6 Å². The molecule has 0 fully saturated rings. The van der Waals surface area contributed by atoms with Gasteiger partial charge in [-0.05, 0) is 13.1 Å². The van der Waals surface area contributed by atoms with Crippen LogP contribution in [0.2, 0.25) is 5.02 Å². The van der Waals surface area contributed by atoms with Crippen LogP contribution in [0.3, 0.4) is 0 Å². The van der Waals surface area contributed by atoms with Gasteiger partial charge in [-0.25, -0.2) is 4.98 Å². The average molecular weight is 253 g/mol. The molecule has 1 aromatic heterocycles. The number of aromatic nitrogens is 1. The third-order valence-electron chi connectivity index (χ3n) is 2.29. The van der Waals surface area contributed by atoms with E-state index in [1.165, 1.54) is 0 Å². The Bertz CT molecular complexity index is 468. The molecule has 1 heterocycles. The topological polar surface area (TPSA) is 24.9 Å². The minimum absolute atomic E-state index is 0.757. The molecule has 0 radical (unpaired) electrons. The van der Waals surface area contributed by atoms with E-state index in [0.29, 0.717) is 0 Å². The number of likely N-dealkylation sites (N-methyl/N-ethyl adjacent to an activating group) is 1. The van der Waals surface area contributed by atoms with Crippen LogP contribution in [0.1, 0.15) is 5.01 Å². The Morgan fingerprint density at radius 1 is 1.38 bits per heavy atom. The number of halogens is 1. The molecule has 2 nitrogen and oxygen atoms in total. The second-order valence-electron chi connectivity index (χ2n) is 3.46. The molecule has 2 rings (SSSR count). The second-order valence-corrected chi connectivity index (χ2v) is 4.81. The Balaban J connectivity index is 2.22. The van der Waals surface area contributed by atoms with Crippen molar-refractivity contribution < 1.29 is 0 Å². The van der Waals surface area contributed by atoms with E-state index in [1.807, 2.05) is 31.3 Å². The highest BCUT2D eigenvalue weighted by Gasteiger charge is 2.06. The van der Waals surface area contributed by atoms with Crippen LogP contribution < -0.4 is 5.32 Å². The summed E-state index contributed by atoms with van der Waals surface area (Å²) in [7, 11) is 1.95. The molecule has 0 aliphatic carbocycles. The Hall–Kier alpha value is -0.900. The van der Waals surface area contributed by atoms with E-state index in [1.54, 1.807) is 11.3 Å². The first-order valence-corrected chi connectivity index (χ1v) is 6.41. The standard InChI is InChI=1S/C12H13ClN2S/c1-14-7-6-12-15-11(8-16-12)9-4-2-3-5-10(9)13/h2-5,8,14H,6-7H2,1H3. The zero-order valence-electron chi connectivity index (χ0n) is 9.03. The van der Waals surface area contributed by atoms with Crippen LogP contribution in [0.25, 0.3) is 11.3 Å². The van der Waals surface area contributed by atoms with Crippen LogP contribution >= 0.6 is 22.9 Å². The highest BCUT2D eigenvalue weighted by Crippen LogP contribution is 2.28. The molecular weight excluding hydrogens is 240 g/mol. The zero-order valence-corrected chi connectivity index (χ0v) is 10.6. The van der Waals surface area contributed by atoms with Crippen molar-refractivity contribution in [2.75, 3.05) is 13.6 Å². The van der Waals surface area contributed by atoms with Gasteiger partial charge in [0.25, 0.3) is 0 Å². The summed E-state index contributed by atoms with van der Waals surface area (Å²) in [4.78, 5) is 4.57. The van der Waals surface area contributed by atoms with Crippen LogP contribution in [0.15, 0.2) is 29.6 Å². The maximum Gasteiger partial charge on any atom is 0.0945 e. The first-order chi connectivity index (χ1) is 7.81. The summed E-state index contributed by atoms with van der Waals surface area (Å²) in [6.07, 6.45) is 0.964. The molecule has 0 bridgehead atoms. The van der Waals surface area contributed by atoms with E-state index >= 15 is 0 Å². The van der Waals surface area contributed by atoms with Crippen molar-refractivity contribution in [3.63, 3.8) is 0 Å². The van der Waals surface area contributed by atoms with Gasteiger partial charge in [0, 0.05) is 28.9 Å². The molecule has 0 aliphatic heterocycles. The van der Waals surface area contributed by atoms with Gasteiger partial charge in [0.1, 0.15) is 0 Å². The van der Waals surface area contributed by atoms with Gasteiger partial charge in [-0.1, -0.05) is 29.8 Å². The number of nitrogens with one attached hydrogen (secondary N) is 1. The Morgan fingerprint density at radius 2 is 2.19 bits per heavy atom. The van der Waals surface area contributed by atoms with Gasteiger partial charge in [0.2, 0.25) is 0 Å². The van der Waals surface area contributed by atoms with Crippen molar-refractivity contribution in [1.29, 1.82) is 0 Å². The fourth-order valence-electron chi connectivity index (χ4n) is 1.45. The molecule has 16 heavy (non-hydrogen) atoms. The monoisotopic (exact) mass is 252 g/mol. The molecule has 2 aromatic rings. The molecule has 0 saturated heterocycles. The van der Waals surface area contributed by atoms with Crippen molar-refractivity contribution in [2.24, 2.45) is 0 Å². The molecule has 0 unspecified atom stereocenters. The summed E-state index contributed by atoms with van der Waals surface area (Å²) in [5, 5.41) is 7.08. The fraction of sp³-hybridized carbons (Fsp3) is 0.250. The molecule has 1 aromatic carbocycles. The van der Waals surface area contributed by atoms with Gasteiger partial charge in [-0.15, -0.1) is 11.3 Å². The molecule has 0 amide bonds. The lowest BCUT2D eigenvalue weighted by atomic mass is 10.2. The number of hydrogen-bond donors (Lipinski definition) is 1. The van der Waals surface area contributed by atoms with E-state index in [9.17, 15) is 0 Å². The molecule has 0 aliphatic rings. The minimum atomic E-state index is 0.757. The summed E-state index contributed by atoms with van der Waals surface area (Å²) in [5.41, 5.74) is 1.98.